The topological polar surface area (TPSA) is 145 Å². The molecule has 13 heteroatoms. The van der Waals surface area contributed by atoms with E-state index < -0.39 is 45.1 Å². The third kappa shape index (κ3) is 3.21. The summed E-state index contributed by atoms with van der Waals surface area (Å²) in [5.41, 5.74) is -4.01. The van der Waals surface area contributed by atoms with E-state index in [1.165, 1.54) is 102 Å². The zero-order valence-electron chi connectivity index (χ0n) is 49.2. The monoisotopic (exact) mass is 1240 g/mol. The Morgan fingerprint density at radius 1 is 0.352 bits per heavy atom. The summed E-state index contributed by atoms with van der Waals surface area (Å²) in [5, 5.41) is 48.7. The maximum atomic E-state index is 17.7. The van der Waals surface area contributed by atoms with Gasteiger partial charge in [0.05, 0.1) is 33.1 Å². The molecule has 0 saturated heterocycles. The third-order valence-electron chi connectivity index (χ3n) is 24.9. The van der Waals surface area contributed by atoms with Crippen LogP contribution in [0.15, 0.2) is 47.2 Å². The number of rotatable bonds is 8. The fraction of sp³-hybridized carbons (Fsp3) is 0.192. The number of hydrogen-bond donors (Lipinski definition) is 1. The molecule has 0 spiro atoms. The Morgan fingerprint density at radius 3 is 1.07 bits per heavy atom. The summed E-state index contributed by atoms with van der Waals surface area (Å²) in [6.07, 6.45) is 0. The fourth-order valence-corrected chi connectivity index (χ4v) is 23.9. The van der Waals surface area contributed by atoms with Gasteiger partial charge in [-0.15, -0.1) is 0 Å². The maximum absolute atomic E-state index is 17.7. The van der Waals surface area contributed by atoms with E-state index >= 15 is 14.4 Å². The van der Waals surface area contributed by atoms with Crippen molar-refractivity contribution in [2.45, 2.75) is 95.9 Å². The van der Waals surface area contributed by atoms with Gasteiger partial charge in [-0.2, -0.15) is 0 Å². The van der Waals surface area contributed by atoms with Crippen LogP contribution in [0.2, 0.25) is 0 Å². The van der Waals surface area contributed by atoms with Crippen molar-refractivity contribution in [2.75, 3.05) is 5.32 Å². The highest BCUT2D eigenvalue weighted by atomic mass is 79.9. The molecule has 0 bridgehead atoms. The van der Waals surface area contributed by atoms with Crippen molar-refractivity contribution in [3.8, 4) is 0 Å². The molecule has 1 N–H and O–H groups in total. The van der Waals surface area contributed by atoms with Crippen molar-refractivity contribution in [2.24, 2.45) is 0 Å². The molecule has 0 saturated carbocycles. The molecule has 0 fully saturated rings. The molecule has 0 radical (unpaired) electrons. The van der Waals surface area contributed by atoms with E-state index in [0.717, 1.165) is 134 Å². The highest BCUT2D eigenvalue weighted by molar-refractivity contribution is 9.10. The molecule has 25 aromatic rings. The molecular weight excluding hydrogens is 1210 g/mol. The zero-order valence-corrected chi connectivity index (χ0v) is 50.8. The standard InChI is InChI=1S/C78H32BrNO11/c1-73(2,3)86-89-76-59-49-39-29-21-16-18-17-20-19(16)26-31(29)41-43-33(26)34-27(20)32-30-22(17)28-35-23(18)25-24(21)36(39)46-47-38(25)45(35)55-48-37(28)40(30)50-52-42(32)44(34)54-53(43)62(61(76)51(41)49)77(90-87-74(4,5)6)63(54)64(52)78(91-88-75(7,8)9,60(50)57(48)72(83)85-68(55)58(47)67(81)56(46)59)70-66(77)65(76)69(84-70)71(82)80-15-12-10-14(79)11-13-15/h10-13H,1-9H3,(H,80,82)/t76-,77-,78+/m0/s1. The Balaban J connectivity index is 1.05. The van der Waals surface area contributed by atoms with E-state index in [1.54, 1.807) is 0 Å². The molecule has 30 rings (SSSR count). The SMILES string of the molecule is CC(C)(C)OO[C@@]12c3c4oc(C(=O)Nc5ccc(Br)cc5)c3[C@@]3(OOC(C)(C)C)c5c1c1c6c2c2c7c8c(c9c(=O)oc%10c%11c(=O)c%12c3c3c5c5c1c1c%13c6c7c6c7c8c8c9c%10c9c%10c%11c%12c%11c3c3c5c1c1c(c%136)c5c7c8c9c6c%10c%11c3c1c65)[C@]42OOC(C)(C)C. The average molecular weight is 1240 g/mol. The molecule has 0 aliphatic heterocycles. The predicted molar refractivity (Wildman–Crippen MR) is 358 cm³/mol. The Bertz CT molecular complexity index is 8030. The molecule has 3 atom stereocenters. The van der Waals surface area contributed by atoms with Gasteiger partial charge < -0.3 is 14.2 Å². The largest absolute Gasteiger partial charge is 0.451 e. The quantitative estimate of drug-likeness (QED) is 0.0510. The molecule has 5 aliphatic rings. The fourth-order valence-electron chi connectivity index (χ4n) is 23.6. The van der Waals surface area contributed by atoms with Crippen LogP contribution in [0.5, 0.6) is 0 Å². The van der Waals surface area contributed by atoms with Crippen molar-refractivity contribution < 1.29 is 43.0 Å². The van der Waals surface area contributed by atoms with Crippen molar-refractivity contribution in [1.29, 1.82) is 0 Å². The second-order valence-corrected chi connectivity index (χ2v) is 32.7. The number of anilines is 1. The number of carbonyl (C=O) groups is 1. The van der Waals surface area contributed by atoms with Crippen molar-refractivity contribution in [1.82, 2.24) is 0 Å². The van der Waals surface area contributed by atoms with E-state index in [9.17, 15) is 0 Å². The molecule has 0 unspecified atom stereocenters. The lowest BCUT2D eigenvalue weighted by atomic mass is 9.60. The van der Waals surface area contributed by atoms with Crippen molar-refractivity contribution >= 4 is 265 Å². The minimum absolute atomic E-state index is 0.121. The Labute approximate surface area is 511 Å². The number of nitrogens with one attached hydrogen (secondary N) is 1. The second kappa shape index (κ2) is 11.0. The highest BCUT2D eigenvalue weighted by Gasteiger charge is 2.75. The van der Waals surface area contributed by atoms with E-state index in [4.69, 9.17) is 38.2 Å². The van der Waals surface area contributed by atoms with Crippen LogP contribution in [0.25, 0.3) is 237 Å². The maximum Gasteiger partial charge on any atom is 0.344 e. The summed E-state index contributed by atoms with van der Waals surface area (Å²) in [6, 6.07) is 7.46. The summed E-state index contributed by atoms with van der Waals surface area (Å²) in [6.45, 7) is 17.7. The number of benzene rings is 16. The second-order valence-electron chi connectivity index (χ2n) is 31.8. The molecule has 2 heterocycles. The first kappa shape index (κ1) is 43.5. The minimum atomic E-state index is -2.02. The van der Waals surface area contributed by atoms with Crippen LogP contribution in [0.4, 0.5) is 5.69 Å². The number of fused-ring (bicyclic) bond motifs is 7. The number of halogens is 1. The number of amides is 1. The molecule has 12 nitrogen and oxygen atoms in total. The number of furan rings is 1. The number of hydrogen-bond acceptors (Lipinski definition) is 11. The molecule has 1 amide bonds. The van der Waals surface area contributed by atoms with Gasteiger partial charge in [0.2, 0.25) is 5.60 Å². The Kier molecular flexibility index (Phi) is 5.25. The van der Waals surface area contributed by atoms with Crippen molar-refractivity contribution in [3.63, 3.8) is 0 Å². The summed E-state index contributed by atoms with van der Waals surface area (Å²) >= 11 is 3.64. The van der Waals surface area contributed by atoms with Gasteiger partial charge in [0.25, 0.3) is 5.91 Å². The Hall–Kier alpha value is -9.15. The lowest BCUT2D eigenvalue weighted by Gasteiger charge is -2.49. The van der Waals surface area contributed by atoms with Gasteiger partial charge in [-0.05, 0) is 227 Å². The summed E-state index contributed by atoms with van der Waals surface area (Å²) in [4.78, 5) is 96.9. The van der Waals surface area contributed by atoms with E-state index in [-0.39, 0.29) is 22.5 Å². The molecule has 2 aromatic heterocycles. The smallest absolute Gasteiger partial charge is 0.344 e. The normalized spacial score (nSPS) is 21.4. The molecule has 91 heavy (non-hydrogen) atoms. The van der Waals surface area contributed by atoms with Crippen LogP contribution in [0, 0.1) is 0 Å². The molecular formula is C78H32BrNO11. The van der Waals surface area contributed by atoms with Crippen LogP contribution >= 0.6 is 15.9 Å². The van der Waals surface area contributed by atoms with Gasteiger partial charge in [0.1, 0.15) is 0 Å². The average Bonchev–Trinajstić information content (AvgIpc) is 1.39. The van der Waals surface area contributed by atoms with Gasteiger partial charge in [-0.1, -0.05) is 15.9 Å². The molecule has 23 aromatic carbocycles. The highest BCUT2D eigenvalue weighted by Crippen LogP contribution is 2.83. The van der Waals surface area contributed by atoms with Crippen LogP contribution in [-0.4, -0.2) is 22.7 Å². The van der Waals surface area contributed by atoms with Crippen LogP contribution in [-0.2, 0) is 46.1 Å². The van der Waals surface area contributed by atoms with E-state index in [2.05, 4.69) is 21.2 Å². The predicted octanol–water partition coefficient (Wildman–Crippen LogP) is 18.9. The first-order valence-electron chi connectivity index (χ1n) is 31.7. The van der Waals surface area contributed by atoms with Crippen LogP contribution in [0.1, 0.15) is 123 Å². The van der Waals surface area contributed by atoms with Gasteiger partial charge in [0.15, 0.2) is 33.7 Å². The van der Waals surface area contributed by atoms with Crippen molar-refractivity contribution in [3.05, 3.63) is 105 Å². The van der Waals surface area contributed by atoms with Gasteiger partial charge in [-0.3, -0.25) is 9.59 Å². The Morgan fingerprint density at radius 2 is 0.659 bits per heavy atom. The van der Waals surface area contributed by atoms with E-state index in [0.29, 0.717) is 49.7 Å². The summed E-state index contributed by atoms with van der Waals surface area (Å²) in [7, 11) is 0. The van der Waals surface area contributed by atoms with Crippen LogP contribution < -0.4 is 16.4 Å². The van der Waals surface area contributed by atoms with Gasteiger partial charge in [-0.25, -0.2) is 34.1 Å². The first-order chi connectivity index (χ1) is 43.8. The summed E-state index contributed by atoms with van der Waals surface area (Å²) in [5.74, 6) is -0.559. The van der Waals surface area contributed by atoms with Gasteiger partial charge in [0, 0.05) is 130 Å². The molecule has 5 aliphatic carbocycles. The lowest BCUT2D eigenvalue weighted by molar-refractivity contribution is -0.406. The lowest BCUT2D eigenvalue weighted by Crippen LogP contribution is -2.51. The summed E-state index contributed by atoms with van der Waals surface area (Å²) < 4.78 is 16.2. The zero-order chi connectivity index (χ0) is 59.3. The van der Waals surface area contributed by atoms with E-state index in [1.807, 2.05) is 86.6 Å². The number of carbonyl (C=O) groups excluding carboxylic acids is 1. The minimum Gasteiger partial charge on any atom is -0.451 e. The van der Waals surface area contributed by atoms with Gasteiger partial charge >= 0.3 is 5.63 Å². The first-order valence-corrected chi connectivity index (χ1v) is 32.5. The third-order valence-corrected chi connectivity index (χ3v) is 25.4. The van der Waals surface area contributed by atoms with Crippen LogP contribution in [0.3, 0.4) is 0 Å². The molecule has 422 valence electrons.